The summed E-state index contributed by atoms with van der Waals surface area (Å²) >= 11 is 0. The monoisotopic (exact) mass is 430 g/mol. The van der Waals surface area contributed by atoms with Gasteiger partial charge in [0.15, 0.2) is 0 Å². The minimum absolute atomic E-state index is 0.0388. The molecule has 2 amide bonds. The minimum Gasteiger partial charge on any atom is -0.394 e. The van der Waals surface area contributed by atoms with Gasteiger partial charge in [-0.05, 0) is 41.0 Å². The van der Waals surface area contributed by atoms with E-state index in [1.54, 1.807) is 4.90 Å². The van der Waals surface area contributed by atoms with Gasteiger partial charge in [-0.2, -0.15) is 0 Å². The zero-order valence-corrected chi connectivity index (χ0v) is 17.4. The second kappa shape index (κ2) is 8.20. The molecular formula is C26H23FN2O3. The van der Waals surface area contributed by atoms with Gasteiger partial charge in [-0.25, -0.2) is 4.39 Å². The molecule has 0 saturated carbocycles. The van der Waals surface area contributed by atoms with Gasteiger partial charge in [0.05, 0.1) is 18.7 Å². The van der Waals surface area contributed by atoms with Gasteiger partial charge in [0, 0.05) is 18.0 Å². The van der Waals surface area contributed by atoms with Gasteiger partial charge < -0.3 is 14.9 Å². The standard InChI is InChI=1S/C26H23FN2O3/c27-21-12-10-20(11-13-21)26(32)28-14-22-25(23(16-30)29(22)24(31)15-28)19-8-6-18(7-9-19)17-4-2-1-3-5-17/h1-13,22-23,25,30H,14-16H2/t22-,23-,25+/m0/s1. The third-order valence-corrected chi connectivity index (χ3v) is 6.53. The van der Waals surface area contributed by atoms with E-state index in [0.717, 1.165) is 16.7 Å². The lowest BCUT2D eigenvalue weighted by Gasteiger charge is -2.58. The molecule has 2 aliphatic rings. The molecule has 5 rings (SSSR count). The molecule has 2 aliphatic heterocycles. The highest BCUT2D eigenvalue weighted by Crippen LogP contribution is 2.43. The van der Waals surface area contributed by atoms with Gasteiger partial charge in [0.1, 0.15) is 12.4 Å². The van der Waals surface area contributed by atoms with Crippen molar-refractivity contribution in [3.8, 4) is 11.1 Å². The first-order chi connectivity index (χ1) is 15.6. The maximum atomic E-state index is 13.2. The van der Waals surface area contributed by atoms with Crippen LogP contribution in [0.15, 0.2) is 78.9 Å². The van der Waals surface area contributed by atoms with Crippen molar-refractivity contribution in [2.45, 2.75) is 18.0 Å². The number of fused-ring (bicyclic) bond motifs is 1. The van der Waals surface area contributed by atoms with E-state index in [1.165, 1.54) is 29.2 Å². The highest BCUT2D eigenvalue weighted by molar-refractivity contribution is 5.97. The number of aliphatic hydroxyl groups is 1. The molecule has 1 N–H and O–H groups in total. The summed E-state index contributed by atoms with van der Waals surface area (Å²) in [5.74, 6) is -0.930. The number of halogens is 1. The predicted molar refractivity (Wildman–Crippen MR) is 118 cm³/mol. The molecule has 2 heterocycles. The molecule has 32 heavy (non-hydrogen) atoms. The van der Waals surface area contributed by atoms with Crippen LogP contribution in [0.2, 0.25) is 0 Å². The number of benzene rings is 3. The largest absolute Gasteiger partial charge is 0.394 e. The number of nitrogens with zero attached hydrogens (tertiary/aromatic N) is 2. The fraction of sp³-hybridized carbons (Fsp3) is 0.231. The summed E-state index contributed by atoms with van der Waals surface area (Å²) in [5, 5.41) is 9.98. The molecule has 5 nitrogen and oxygen atoms in total. The maximum absolute atomic E-state index is 13.2. The summed E-state index contributed by atoms with van der Waals surface area (Å²) in [6, 6.07) is 23.1. The van der Waals surface area contributed by atoms with Crippen molar-refractivity contribution in [3.63, 3.8) is 0 Å². The molecule has 3 aromatic carbocycles. The molecule has 0 radical (unpaired) electrons. The molecule has 0 spiro atoms. The number of hydrogen-bond acceptors (Lipinski definition) is 3. The van der Waals surface area contributed by atoms with Crippen LogP contribution >= 0.6 is 0 Å². The number of piperazine rings is 1. The fourth-order valence-electron chi connectivity index (χ4n) is 4.96. The van der Waals surface area contributed by atoms with Crippen molar-refractivity contribution in [2.24, 2.45) is 0 Å². The molecule has 0 aliphatic carbocycles. The molecule has 2 saturated heterocycles. The maximum Gasteiger partial charge on any atom is 0.254 e. The Hall–Kier alpha value is -3.51. The van der Waals surface area contributed by atoms with Crippen LogP contribution in [0.5, 0.6) is 0 Å². The number of amides is 2. The molecule has 6 heteroatoms. The van der Waals surface area contributed by atoms with E-state index in [0.29, 0.717) is 12.1 Å². The topological polar surface area (TPSA) is 60.9 Å². The molecule has 0 unspecified atom stereocenters. The van der Waals surface area contributed by atoms with Crippen LogP contribution in [0.1, 0.15) is 21.8 Å². The number of carbonyl (C=O) groups is 2. The third kappa shape index (κ3) is 3.46. The normalized spacial score (nSPS) is 22.3. The molecule has 0 aromatic heterocycles. The van der Waals surface area contributed by atoms with Crippen LogP contribution in [-0.4, -0.2) is 58.5 Å². The molecule has 2 fully saturated rings. The minimum atomic E-state index is -0.411. The van der Waals surface area contributed by atoms with Gasteiger partial charge in [0.25, 0.3) is 5.91 Å². The average Bonchev–Trinajstić information content (AvgIpc) is 2.81. The predicted octanol–water partition coefficient (Wildman–Crippen LogP) is 3.30. The number of carbonyl (C=O) groups excluding carboxylic acids is 2. The van der Waals surface area contributed by atoms with Gasteiger partial charge in [-0.3, -0.25) is 9.59 Å². The van der Waals surface area contributed by atoms with Crippen molar-refractivity contribution < 1.29 is 19.1 Å². The van der Waals surface area contributed by atoms with Crippen molar-refractivity contribution in [3.05, 3.63) is 95.8 Å². The first-order valence-corrected chi connectivity index (χ1v) is 10.7. The Kier molecular flexibility index (Phi) is 5.23. The smallest absolute Gasteiger partial charge is 0.254 e. The lowest BCUT2D eigenvalue weighted by molar-refractivity contribution is -0.159. The summed E-state index contributed by atoms with van der Waals surface area (Å²) < 4.78 is 13.2. The van der Waals surface area contributed by atoms with E-state index in [9.17, 15) is 19.1 Å². The summed E-state index contributed by atoms with van der Waals surface area (Å²) in [7, 11) is 0. The Bertz CT molecular complexity index is 1130. The van der Waals surface area contributed by atoms with Crippen molar-refractivity contribution in [2.75, 3.05) is 19.7 Å². The lowest BCUT2D eigenvalue weighted by atomic mass is 9.73. The Balaban J connectivity index is 1.38. The number of aliphatic hydroxyl groups excluding tert-OH is 1. The molecular weight excluding hydrogens is 407 g/mol. The van der Waals surface area contributed by atoms with Crippen molar-refractivity contribution in [1.29, 1.82) is 0 Å². The summed E-state index contributed by atoms with van der Waals surface area (Å²) in [6.45, 7) is 0.214. The second-order valence-corrected chi connectivity index (χ2v) is 8.32. The SMILES string of the molecule is O=C(c1ccc(F)cc1)N1CC(=O)N2[C@@H](CO)[C@H](c3ccc(-c4ccccc4)cc3)[C@@H]2C1. The van der Waals surface area contributed by atoms with Gasteiger partial charge in [0.2, 0.25) is 5.91 Å². The fourth-order valence-corrected chi connectivity index (χ4v) is 4.96. The Labute approximate surface area is 185 Å². The van der Waals surface area contributed by atoms with E-state index < -0.39 is 5.82 Å². The van der Waals surface area contributed by atoms with E-state index in [1.807, 2.05) is 42.5 Å². The number of rotatable bonds is 4. The van der Waals surface area contributed by atoms with E-state index >= 15 is 0 Å². The van der Waals surface area contributed by atoms with Gasteiger partial charge in [-0.15, -0.1) is 0 Å². The van der Waals surface area contributed by atoms with E-state index in [2.05, 4.69) is 12.1 Å². The summed E-state index contributed by atoms with van der Waals surface area (Å²) in [4.78, 5) is 29.0. The Morgan fingerprint density at radius 1 is 0.938 bits per heavy atom. The van der Waals surface area contributed by atoms with Gasteiger partial charge >= 0.3 is 0 Å². The number of hydrogen-bond donors (Lipinski definition) is 1. The Morgan fingerprint density at radius 2 is 1.59 bits per heavy atom. The third-order valence-electron chi connectivity index (χ3n) is 6.53. The van der Waals surface area contributed by atoms with E-state index in [4.69, 9.17) is 0 Å². The molecule has 3 atom stereocenters. The zero-order valence-electron chi connectivity index (χ0n) is 17.4. The van der Waals surface area contributed by atoms with Crippen molar-refractivity contribution in [1.82, 2.24) is 9.80 Å². The first-order valence-electron chi connectivity index (χ1n) is 10.7. The van der Waals surface area contributed by atoms with Gasteiger partial charge in [-0.1, -0.05) is 54.6 Å². The highest BCUT2D eigenvalue weighted by atomic mass is 19.1. The van der Waals surface area contributed by atoms with E-state index in [-0.39, 0.29) is 43.0 Å². The van der Waals surface area contributed by atoms with Crippen LogP contribution in [0.3, 0.4) is 0 Å². The summed E-state index contributed by atoms with van der Waals surface area (Å²) in [6.07, 6.45) is 0. The van der Waals surface area contributed by atoms with Crippen LogP contribution in [0.4, 0.5) is 4.39 Å². The summed E-state index contributed by atoms with van der Waals surface area (Å²) in [5.41, 5.74) is 3.61. The highest BCUT2D eigenvalue weighted by Gasteiger charge is 2.54. The quantitative estimate of drug-likeness (QED) is 0.691. The van der Waals surface area contributed by atoms with Crippen LogP contribution in [0.25, 0.3) is 11.1 Å². The molecule has 162 valence electrons. The van der Waals surface area contributed by atoms with Crippen LogP contribution < -0.4 is 0 Å². The van der Waals surface area contributed by atoms with Crippen LogP contribution in [0, 0.1) is 5.82 Å². The average molecular weight is 430 g/mol. The zero-order chi connectivity index (χ0) is 22.2. The first kappa shape index (κ1) is 20.4. The molecule has 3 aromatic rings. The second-order valence-electron chi connectivity index (χ2n) is 8.32. The Morgan fingerprint density at radius 3 is 2.25 bits per heavy atom. The van der Waals surface area contributed by atoms with Crippen molar-refractivity contribution >= 4 is 11.8 Å². The molecule has 0 bridgehead atoms. The lowest BCUT2D eigenvalue weighted by Crippen LogP contribution is -2.73. The van der Waals surface area contributed by atoms with Crippen LogP contribution in [-0.2, 0) is 4.79 Å².